The first kappa shape index (κ1) is 19.8. The minimum absolute atomic E-state index is 0.199. The molecule has 4 nitrogen and oxygen atoms in total. The number of esters is 1. The second-order valence-corrected chi connectivity index (χ2v) is 6.26. The summed E-state index contributed by atoms with van der Waals surface area (Å²) < 4.78 is 71.1. The first-order valence-corrected chi connectivity index (χ1v) is 8.39. The van der Waals surface area contributed by atoms with Crippen LogP contribution < -0.4 is 5.32 Å². The number of carbonyl (C=O) groups is 2. The summed E-state index contributed by atoms with van der Waals surface area (Å²) in [7, 11) is 0. The molecule has 1 N–H and O–H groups in total. The average Bonchev–Trinajstić information content (AvgIpc) is 2.71. The molecule has 28 heavy (non-hydrogen) atoms. The van der Waals surface area contributed by atoms with Gasteiger partial charge in [0.25, 0.3) is 5.91 Å². The van der Waals surface area contributed by atoms with Crippen molar-refractivity contribution in [1.82, 2.24) is 0 Å². The molecule has 0 atom stereocenters. The molecule has 0 heterocycles. The summed E-state index contributed by atoms with van der Waals surface area (Å²) in [4.78, 5) is 23.8. The van der Waals surface area contributed by atoms with Gasteiger partial charge in [0.05, 0.1) is 5.56 Å². The van der Waals surface area contributed by atoms with Crippen LogP contribution in [0.1, 0.15) is 34.3 Å². The summed E-state index contributed by atoms with van der Waals surface area (Å²) >= 11 is 0. The van der Waals surface area contributed by atoms with Crippen LogP contribution in [-0.4, -0.2) is 18.5 Å². The molecule has 0 fully saturated rings. The van der Waals surface area contributed by atoms with Crippen LogP contribution in [0, 0.1) is 29.1 Å². The van der Waals surface area contributed by atoms with Crippen LogP contribution in [0.5, 0.6) is 0 Å². The van der Waals surface area contributed by atoms with E-state index in [2.05, 4.69) is 0 Å². The minimum atomic E-state index is -2.34. The van der Waals surface area contributed by atoms with Crippen molar-refractivity contribution in [3.8, 4) is 0 Å². The molecule has 1 aliphatic rings. The van der Waals surface area contributed by atoms with Crippen molar-refractivity contribution in [2.75, 3.05) is 11.9 Å². The van der Waals surface area contributed by atoms with Crippen molar-refractivity contribution in [1.29, 1.82) is 0 Å². The number of halogens is 5. The van der Waals surface area contributed by atoms with Gasteiger partial charge in [0.1, 0.15) is 5.69 Å². The number of amides is 1. The van der Waals surface area contributed by atoms with Crippen LogP contribution in [0.15, 0.2) is 18.2 Å². The number of carbonyl (C=O) groups excluding carboxylic acids is 2. The Balaban J connectivity index is 1.66. The average molecular weight is 399 g/mol. The zero-order valence-electron chi connectivity index (χ0n) is 14.4. The number of rotatable bonds is 4. The highest BCUT2D eigenvalue weighted by Crippen LogP contribution is 2.27. The molecule has 1 amide bonds. The number of fused-ring (bicyclic) bond motifs is 1. The maximum absolute atomic E-state index is 13.5. The van der Waals surface area contributed by atoms with E-state index in [0.717, 1.165) is 36.8 Å². The second-order valence-electron chi connectivity index (χ2n) is 6.26. The van der Waals surface area contributed by atoms with Crippen LogP contribution in [0.2, 0.25) is 0 Å². The molecule has 1 aliphatic carbocycles. The maximum Gasteiger partial charge on any atom is 0.338 e. The number of anilines is 1. The first-order chi connectivity index (χ1) is 13.3. The molecule has 9 heteroatoms. The molecule has 0 unspecified atom stereocenters. The first-order valence-electron chi connectivity index (χ1n) is 8.39. The Kier molecular flexibility index (Phi) is 5.62. The summed E-state index contributed by atoms with van der Waals surface area (Å²) in [6, 6.07) is 4.98. The number of ether oxygens (including phenoxy) is 1. The van der Waals surface area contributed by atoms with E-state index in [9.17, 15) is 31.5 Å². The van der Waals surface area contributed by atoms with Crippen LogP contribution in [0.4, 0.5) is 27.6 Å². The SMILES string of the molecule is O=C(COC(=O)c1ccc2c(c1)CCCC2)Nc1c(F)c(F)c(F)c(F)c1F. The van der Waals surface area contributed by atoms with Crippen molar-refractivity contribution < 1.29 is 36.3 Å². The van der Waals surface area contributed by atoms with Gasteiger partial charge in [-0.25, -0.2) is 26.7 Å². The number of hydrogen-bond acceptors (Lipinski definition) is 3. The van der Waals surface area contributed by atoms with Gasteiger partial charge in [-0.3, -0.25) is 4.79 Å². The van der Waals surface area contributed by atoms with Gasteiger partial charge in [0.2, 0.25) is 5.82 Å². The number of nitrogens with one attached hydrogen (secondary N) is 1. The Bertz CT molecular complexity index is 932. The molecule has 3 rings (SSSR count). The second kappa shape index (κ2) is 7.95. The third-order valence-electron chi connectivity index (χ3n) is 4.39. The quantitative estimate of drug-likeness (QED) is 0.365. The van der Waals surface area contributed by atoms with Gasteiger partial charge >= 0.3 is 5.97 Å². The van der Waals surface area contributed by atoms with E-state index in [1.807, 2.05) is 0 Å². The van der Waals surface area contributed by atoms with E-state index in [1.54, 1.807) is 12.1 Å². The molecular formula is C19H14F5NO3. The van der Waals surface area contributed by atoms with Crippen molar-refractivity contribution >= 4 is 17.6 Å². The van der Waals surface area contributed by atoms with Gasteiger partial charge in [0.15, 0.2) is 29.9 Å². The lowest BCUT2D eigenvalue weighted by Gasteiger charge is -2.16. The van der Waals surface area contributed by atoms with Crippen LogP contribution >= 0.6 is 0 Å². The Morgan fingerprint density at radius 2 is 1.43 bits per heavy atom. The smallest absolute Gasteiger partial charge is 0.338 e. The van der Waals surface area contributed by atoms with Crippen molar-refractivity contribution in [2.45, 2.75) is 25.7 Å². The minimum Gasteiger partial charge on any atom is -0.452 e. The van der Waals surface area contributed by atoms with Crippen LogP contribution in [0.25, 0.3) is 0 Å². The van der Waals surface area contributed by atoms with Crippen molar-refractivity contribution in [2.24, 2.45) is 0 Å². The molecule has 2 aromatic rings. The lowest BCUT2D eigenvalue weighted by Crippen LogP contribution is -2.23. The van der Waals surface area contributed by atoms with Gasteiger partial charge < -0.3 is 10.1 Å². The number of aryl methyl sites for hydroxylation is 2. The third-order valence-corrected chi connectivity index (χ3v) is 4.39. The predicted molar refractivity (Wildman–Crippen MR) is 88.2 cm³/mol. The van der Waals surface area contributed by atoms with Gasteiger partial charge in [-0.1, -0.05) is 6.07 Å². The van der Waals surface area contributed by atoms with E-state index < -0.39 is 53.3 Å². The van der Waals surface area contributed by atoms with E-state index >= 15 is 0 Å². The Morgan fingerprint density at radius 3 is 2.07 bits per heavy atom. The summed E-state index contributed by atoms with van der Waals surface area (Å²) in [6.07, 6.45) is 3.79. The highest BCUT2D eigenvalue weighted by Gasteiger charge is 2.27. The van der Waals surface area contributed by atoms with E-state index in [1.165, 1.54) is 11.4 Å². The zero-order valence-corrected chi connectivity index (χ0v) is 14.4. The standard InChI is InChI=1S/C19H14F5NO3/c20-13-14(21)16(23)18(17(24)15(13)22)25-12(26)8-28-19(27)11-6-5-9-3-1-2-4-10(9)7-11/h5-7H,1-4,8H2,(H,25,26). The highest BCUT2D eigenvalue weighted by atomic mass is 19.2. The Morgan fingerprint density at radius 1 is 0.857 bits per heavy atom. The van der Waals surface area contributed by atoms with E-state index in [4.69, 9.17) is 4.74 Å². The maximum atomic E-state index is 13.5. The normalized spacial score (nSPS) is 13.0. The third kappa shape index (κ3) is 3.83. The summed E-state index contributed by atoms with van der Waals surface area (Å²) in [5.41, 5.74) is 0.828. The van der Waals surface area contributed by atoms with E-state index in [-0.39, 0.29) is 5.56 Å². The fourth-order valence-corrected chi connectivity index (χ4v) is 2.96. The number of benzene rings is 2. The zero-order chi connectivity index (χ0) is 20.4. The molecule has 0 bridgehead atoms. The fraction of sp³-hybridized carbons (Fsp3) is 0.263. The van der Waals surface area contributed by atoms with Crippen LogP contribution in [-0.2, 0) is 22.4 Å². The molecule has 0 aromatic heterocycles. The Hall–Kier alpha value is -2.97. The lowest BCUT2D eigenvalue weighted by molar-refractivity contribution is -0.119. The van der Waals surface area contributed by atoms with Gasteiger partial charge in [0, 0.05) is 0 Å². The fourth-order valence-electron chi connectivity index (χ4n) is 2.96. The van der Waals surface area contributed by atoms with Gasteiger partial charge in [-0.05, 0) is 48.9 Å². The molecule has 0 spiro atoms. The monoisotopic (exact) mass is 399 g/mol. The predicted octanol–water partition coefficient (Wildman–Crippen LogP) is 4.06. The largest absolute Gasteiger partial charge is 0.452 e. The molecule has 0 aliphatic heterocycles. The summed E-state index contributed by atoms with van der Waals surface area (Å²) in [6.45, 7) is -0.963. The molecule has 2 aromatic carbocycles. The highest BCUT2D eigenvalue weighted by molar-refractivity contribution is 5.95. The topological polar surface area (TPSA) is 55.4 Å². The van der Waals surface area contributed by atoms with Crippen molar-refractivity contribution in [3.63, 3.8) is 0 Å². The van der Waals surface area contributed by atoms with E-state index in [0.29, 0.717) is 0 Å². The molecular weight excluding hydrogens is 385 g/mol. The summed E-state index contributed by atoms with van der Waals surface area (Å²) in [5.74, 6) is -13.2. The molecule has 0 saturated heterocycles. The lowest BCUT2D eigenvalue weighted by atomic mass is 9.90. The number of hydrogen-bond donors (Lipinski definition) is 1. The Labute approximate surface area is 156 Å². The molecule has 0 radical (unpaired) electrons. The van der Waals surface area contributed by atoms with Crippen molar-refractivity contribution in [3.05, 3.63) is 64.0 Å². The molecule has 0 saturated carbocycles. The van der Waals surface area contributed by atoms with Crippen LogP contribution in [0.3, 0.4) is 0 Å². The van der Waals surface area contributed by atoms with Gasteiger partial charge in [-0.2, -0.15) is 0 Å². The summed E-state index contributed by atoms with van der Waals surface area (Å²) in [5, 5.41) is 1.53. The molecule has 148 valence electrons. The van der Waals surface area contributed by atoms with Gasteiger partial charge in [-0.15, -0.1) is 0 Å².